The maximum absolute atomic E-state index is 12.9. The average Bonchev–Trinajstić information content (AvgIpc) is 3.21. The minimum absolute atomic E-state index is 0.0319. The number of H-pyrrole nitrogens is 2. The molecule has 0 aliphatic carbocycles. The van der Waals surface area contributed by atoms with Crippen molar-refractivity contribution in [3.8, 4) is 23.0 Å². The Labute approximate surface area is 190 Å². The van der Waals surface area contributed by atoms with Crippen molar-refractivity contribution in [1.82, 2.24) is 10.2 Å². The highest BCUT2D eigenvalue weighted by atomic mass is 16.6. The predicted molar refractivity (Wildman–Crippen MR) is 120 cm³/mol. The Morgan fingerprint density at radius 2 is 1.79 bits per heavy atom. The third-order valence-corrected chi connectivity index (χ3v) is 5.64. The van der Waals surface area contributed by atoms with Gasteiger partial charge in [-0.05, 0) is 35.4 Å². The van der Waals surface area contributed by atoms with Crippen molar-refractivity contribution in [2.45, 2.75) is 18.8 Å². The quantitative estimate of drug-likeness (QED) is 0.504. The van der Waals surface area contributed by atoms with Gasteiger partial charge in [0.15, 0.2) is 11.5 Å². The Morgan fingerprint density at radius 3 is 2.48 bits per heavy atom. The van der Waals surface area contributed by atoms with E-state index in [4.69, 9.17) is 23.7 Å². The van der Waals surface area contributed by atoms with Gasteiger partial charge in [0.25, 0.3) is 5.56 Å². The number of aromatic amines is 2. The number of aromatic nitrogens is 2. The molecule has 2 heterocycles. The van der Waals surface area contributed by atoms with Gasteiger partial charge >= 0.3 is 5.97 Å². The number of hydrogen-bond donors (Lipinski definition) is 2. The standard InChI is InChI=1S/C24H26N2O7/c1-29-16-6-4-14(5-7-16)10-18-22(24(28)26-25-18)17(13-21(27)31-3)15-11-19(30-2)23-20(12-15)32-8-9-33-23/h4-7,11-12,17H,8-10,13H2,1-3H3,(H2,25,26,28). The summed E-state index contributed by atoms with van der Waals surface area (Å²) in [5.41, 5.74) is 2.48. The van der Waals surface area contributed by atoms with Gasteiger partial charge in [-0.3, -0.25) is 14.7 Å². The van der Waals surface area contributed by atoms with Gasteiger partial charge in [0.2, 0.25) is 5.75 Å². The van der Waals surface area contributed by atoms with Gasteiger partial charge < -0.3 is 28.8 Å². The molecular formula is C24H26N2O7. The Kier molecular flexibility index (Phi) is 6.58. The Bertz CT molecular complexity index is 1160. The number of fused-ring (bicyclic) bond motifs is 1. The van der Waals surface area contributed by atoms with Crippen molar-refractivity contribution in [1.29, 1.82) is 0 Å². The second-order valence-corrected chi connectivity index (χ2v) is 7.58. The van der Waals surface area contributed by atoms with E-state index >= 15 is 0 Å². The summed E-state index contributed by atoms with van der Waals surface area (Å²) in [5.74, 6) is 1.20. The highest BCUT2D eigenvalue weighted by Gasteiger charge is 2.29. The molecule has 9 heteroatoms. The zero-order valence-electron chi connectivity index (χ0n) is 18.7. The molecule has 1 atom stereocenters. The third-order valence-electron chi connectivity index (χ3n) is 5.64. The Morgan fingerprint density at radius 1 is 1.03 bits per heavy atom. The van der Waals surface area contributed by atoms with E-state index in [2.05, 4.69) is 10.2 Å². The maximum atomic E-state index is 12.9. The Balaban J connectivity index is 1.78. The van der Waals surface area contributed by atoms with Crippen molar-refractivity contribution in [3.63, 3.8) is 0 Å². The predicted octanol–water partition coefficient (Wildman–Crippen LogP) is 2.78. The molecule has 33 heavy (non-hydrogen) atoms. The molecule has 0 fully saturated rings. The number of carbonyl (C=O) groups is 1. The summed E-state index contributed by atoms with van der Waals surface area (Å²) >= 11 is 0. The summed E-state index contributed by atoms with van der Waals surface area (Å²) in [7, 11) is 4.46. The molecular weight excluding hydrogens is 428 g/mol. The van der Waals surface area contributed by atoms with Gasteiger partial charge in [-0.2, -0.15) is 0 Å². The number of nitrogens with one attached hydrogen (secondary N) is 2. The molecule has 0 bridgehead atoms. The highest BCUT2D eigenvalue weighted by molar-refractivity contribution is 5.72. The summed E-state index contributed by atoms with van der Waals surface area (Å²) < 4.78 is 27.1. The van der Waals surface area contributed by atoms with Gasteiger partial charge in [-0.15, -0.1) is 0 Å². The van der Waals surface area contributed by atoms with E-state index in [1.807, 2.05) is 24.3 Å². The first-order chi connectivity index (χ1) is 16.0. The molecule has 0 spiro atoms. The van der Waals surface area contributed by atoms with Crippen LogP contribution in [-0.4, -0.2) is 50.7 Å². The van der Waals surface area contributed by atoms with E-state index in [1.165, 1.54) is 14.2 Å². The molecule has 3 aromatic rings. The van der Waals surface area contributed by atoms with E-state index in [9.17, 15) is 9.59 Å². The number of benzene rings is 2. The molecule has 4 rings (SSSR count). The molecule has 1 aliphatic rings. The van der Waals surface area contributed by atoms with Crippen LogP contribution in [0.2, 0.25) is 0 Å². The van der Waals surface area contributed by atoms with E-state index in [-0.39, 0.29) is 12.0 Å². The molecule has 1 aromatic heterocycles. The molecule has 0 saturated carbocycles. The van der Waals surface area contributed by atoms with Crippen LogP contribution in [0.5, 0.6) is 23.0 Å². The van der Waals surface area contributed by atoms with Crippen LogP contribution >= 0.6 is 0 Å². The van der Waals surface area contributed by atoms with Crippen LogP contribution in [0, 0.1) is 0 Å². The fourth-order valence-electron chi connectivity index (χ4n) is 3.99. The molecule has 0 radical (unpaired) electrons. The summed E-state index contributed by atoms with van der Waals surface area (Å²) in [4.78, 5) is 25.3. The lowest BCUT2D eigenvalue weighted by Crippen LogP contribution is -2.20. The van der Waals surface area contributed by atoms with E-state index in [0.717, 1.165) is 11.3 Å². The fourth-order valence-corrected chi connectivity index (χ4v) is 3.99. The third kappa shape index (κ3) is 4.67. The summed E-state index contributed by atoms with van der Waals surface area (Å²) in [5, 5.41) is 5.64. The minimum Gasteiger partial charge on any atom is -0.497 e. The fraction of sp³-hybridized carbons (Fsp3) is 0.333. The van der Waals surface area contributed by atoms with Crippen LogP contribution < -0.4 is 24.5 Å². The molecule has 1 aliphatic heterocycles. The number of esters is 1. The zero-order chi connectivity index (χ0) is 23.4. The largest absolute Gasteiger partial charge is 0.497 e. The number of rotatable bonds is 8. The Hall–Kier alpha value is -3.88. The van der Waals surface area contributed by atoms with Gasteiger partial charge in [0.05, 0.1) is 27.8 Å². The highest BCUT2D eigenvalue weighted by Crippen LogP contribution is 2.43. The van der Waals surface area contributed by atoms with Crippen molar-refractivity contribution in [3.05, 3.63) is 69.1 Å². The van der Waals surface area contributed by atoms with E-state index in [0.29, 0.717) is 53.7 Å². The summed E-state index contributed by atoms with van der Waals surface area (Å²) in [6, 6.07) is 11.1. The lowest BCUT2D eigenvalue weighted by atomic mass is 9.87. The second-order valence-electron chi connectivity index (χ2n) is 7.58. The summed E-state index contributed by atoms with van der Waals surface area (Å²) in [6.07, 6.45) is 0.424. The number of hydrogen-bond acceptors (Lipinski definition) is 7. The van der Waals surface area contributed by atoms with Gasteiger partial charge in [-0.25, -0.2) is 0 Å². The number of methoxy groups -OCH3 is 3. The first-order valence-electron chi connectivity index (χ1n) is 10.5. The average molecular weight is 454 g/mol. The molecule has 2 aromatic carbocycles. The second kappa shape index (κ2) is 9.72. The maximum Gasteiger partial charge on any atom is 0.306 e. The van der Waals surface area contributed by atoms with E-state index < -0.39 is 11.9 Å². The van der Waals surface area contributed by atoms with Gasteiger partial charge in [0.1, 0.15) is 19.0 Å². The normalized spacial score (nSPS) is 13.3. The molecule has 0 amide bonds. The van der Waals surface area contributed by atoms with Crippen molar-refractivity contribution >= 4 is 5.97 Å². The lowest BCUT2D eigenvalue weighted by molar-refractivity contribution is -0.140. The minimum atomic E-state index is -0.592. The summed E-state index contributed by atoms with van der Waals surface area (Å²) in [6.45, 7) is 0.812. The van der Waals surface area contributed by atoms with Crippen molar-refractivity contribution in [2.24, 2.45) is 0 Å². The first-order valence-corrected chi connectivity index (χ1v) is 10.5. The number of ether oxygens (including phenoxy) is 5. The SMILES string of the molecule is COC(=O)CC(c1cc(OC)c2c(c1)OCCO2)c1c(Cc2ccc(OC)cc2)[nH][nH]c1=O. The van der Waals surface area contributed by atoms with Crippen LogP contribution in [0.1, 0.15) is 34.7 Å². The zero-order valence-corrected chi connectivity index (χ0v) is 18.7. The van der Waals surface area contributed by atoms with Crippen LogP contribution in [0.15, 0.2) is 41.2 Å². The van der Waals surface area contributed by atoms with Crippen molar-refractivity contribution < 1.29 is 28.5 Å². The van der Waals surface area contributed by atoms with Gasteiger partial charge in [-0.1, -0.05) is 12.1 Å². The lowest BCUT2D eigenvalue weighted by Gasteiger charge is -2.24. The van der Waals surface area contributed by atoms with Crippen LogP contribution in [0.25, 0.3) is 0 Å². The van der Waals surface area contributed by atoms with Crippen LogP contribution in [0.3, 0.4) is 0 Å². The van der Waals surface area contributed by atoms with Gasteiger partial charge in [0, 0.05) is 23.6 Å². The monoisotopic (exact) mass is 454 g/mol. The first kappa shape index (κ1) is 22.3. The van der Waals surface area contributed by atoms with Crippen LogP contribution in [-0.2, 0) is 16.0 Å². The van der Waals surface area contributed by atoms with E-state index in [1.54, 1.807) is 19.2 Å². The molecule has 174 valence electrons. The molecule has 9 nitrogen and oxygen atoms in total. The molecule has 2 N–H and O–H groups in total. The van der Waals surface area contributed by atoms with Crippen LogP contribution in [0.4, 0.5) is 0 Å². The molecule has 1 unspecified atom stereocenters. The topological polar surface area (TPSA) is 112 Å². The molecule has 0 saturated heterocycles. The number of carbonyl (C=O) groups excluding carboxylic acids is 1. The smallest absolute Gasteiger partial charge is 0.306 e. The van der Waals surface area contributed by atoms with Crippen molar-refractivity contribution in [2.75, 3.05) is 34.5 Å².